The zero-order valence-electron chi connectivity index (χ0n) is 22.6. The average molecular weight is 579 g/mol. The molecule has 40 heavy (non-hydrogen) atoms. The highest BCUT2D eigenvalue weighted by Gasteiger charge is 2.18. The summed E-state index contributed by atoms with van der Waals surface area (Å²) in [4.78, 5) is 11.1. The molecule has 4 aromatic heterocycles. The van der Waals surface area contributed by atoms with Crippen LogP contribution in [0.25, 0.3) is 38.0 Å². The van der Waals surface area contributed by atoms with E-state index in [0.29, 0.717) is 44.9 Å². The van der Waals surface area contributed by atoms with Crippen LogP contribution >= 0.6 is 22.7 Å². The summed E-state index contributed by atoms with van der Waals surface area (Å²) in [6.07, 6.45) is 1.74. The van der Waals surface area contributed by atoms with Crippen molar-refractivity contribution in [2.24, 2.45) is 0 Å². The van der Waals surface area contributed by atoms with E-state index in [0.717, 1.165) is 26.7 Å². The minimum Gasteiger partial charge on any atom is -0.486 e. The first-order chi connectivity index (χ1) is 19.1. The van der Waals surface area contributed by atoms with Crippen molar-refractivity contribution in [3.63, 3.8) is 0 Å². The largest absolute Gasteiger partial charge is 0.486 e. The number of hydrogen-bond acceptors (Lipinski definition) is 9. The zero-order chi connectivity index (χ0) is 28.0. The van der Waals surface area contributed by atoms with Gasteiger partial charge in [0.25, 0.3) is 5.19 Å². The number of furan rings is 1. The molecule has 0 bridgehead atoms. The van der Waals surface area contributed by atoms with Gasteiger partial charge in [0.15, 0.2) is 5.76 Å². The van der Waals surface area contributed by atoms with E-state index in [-0.39, 0.29) is 12.2 Å². The molecule has 0 aliphatic heterocycles. The van der Waals surface area contributed by atoms with Gasteiger partial charge in [-0.05, 0) is 50.7 Å². The first-order valence-corrected chi connectivity index (χ1v) is 14.2. The van der Waals surface area contributed by atoms with Gasteiger partial charge in [-0.3, -0.25) is 0 Å². The summed E-state index contributed by atoms with van der Waals surface area (Å²) >= 11 is 2.92. The predicted octanol–water partition coefficient (Wildman–Crippen LogP) is 7.68. The van der Waals surface area contributed by atoms with Crippen LogP contribution < -0.4 is 9.47 Å². The Kier molecular flexibility index (Phi) is 6.81. The van der Waals surface area contributed by atoms with Gasteiger partial charge < -0.3 is 18.6 Å². The summed E-state index contributed by atoms with van der Waals surface area (Å²) in [5.41, 5.74) is 3.71. The van der Waals surface area contributed by atoms with E-state index in [1.165, 1.54) is 23.5 Å². The van der Waals surface area contributed by atoms with Crippen molar-refractivity contribution >= 4 is 38.6 Å². The number of methoxy groups -OCH3 is 1. The number of thiazole rings is 1. The molecule has 0 fully saturated rings. The summed E-state index contributed by atoms with van der Waals surface area (Å²) in [6, 6.07) is 12.7. The van der Waals surface area contributed by atoms with Gasteiger partial charge in [0.1, 0.15) is 34.5 Å². The summed E-state index contributed by atoms with van der Waals surface area (Å²) in [5, 5.41) is 6.36. The standard InChI is InChI=1S/C29H27FN4O4S2/c1-16-22(31-26(39-16)18-8-6-17(7-9-18)14-37-29(2,3)4)15-36-23-10-19(30)11-24-20(23)12-25(38-24)21-13-34-27(32-21)40-28(33-34)35-5/h6-13H,14-15H2,1-5H3. The van der Waals surface area contributed by atoms with Crippen molar-refractivity contribution in [3.8, 4) is 33.0 Å². The molecule has 206 valence electrons. The van der Waals surface area contributed by atoms with E-state index < -0.39 is 5.82 Å². The third-order valence-corrected chi connectivity index (χ3v) is 8.09. The van der Waals surface area contributed by atoms with E-state index in [4.69, 9.17) is 23.6 Å². The van der Waals surface area contributed by atoms with Gasteiger partial charge in [0.2, 0.25) is 4.96 Å². The lowest BCUT2D eigenvalue weighted by Crippen LogP contribution is -2.18. The van der Waals surface area contributed by atoms with Gasteiger partial charge in [-0.1, -0.05) is 24.3 Å². The maximum absolute atomic E-state index is 14.5. The minimum atomic E-state index is -0.452. The summed E-state index contributed by atoms with van der Waals surface area (Å²) in [5.74, 6) is 0.417. The van der Waals surface area contributed by atoms with Crippen LogP contribution in [0.2, 0.25) is 0 Å². The number of rotatable bonds is 8. The molecule has 4 heterocycles. The van der Waals surface area contributed by atoms with Crippen LogP contribution in [-0.4, -0.2) is 32.3 Å². The Labute approximate surface area is 238 Å². The minimum absolute atomic E-state index is 0.187. The van der Waals surface area contributed by atoms with Crippen molar-refractivity contribution in [2.45, 2.75) is 46.5 Å². The smallest absolute Gasteiger partial charge is 0.294 e. The SMILES string of the molecule is COc1nn2cc(-c3cc4c(OCc5nc(-c6ccc(COC(C)(C)C)cc6)sc5C)cc(F)cc4o3)nc2s1. The van der Waals surface area contributed by atoms with E-state index in [1.807, 2.05) is 27.7 Å². The molecule has 0 aliphatic carbocycles. The van der Waals surface area contributed by atoms with Gasteiger partial charge in [0, 0.05) is 22.6 Å². The molecular weight excluding hydrogens is 551 g/mol. The van der Waals surface area contributed by atoms with Crippen LogP contribution in [0.3, 0.4) is 0 Å². The second-order valence-electron chi connectivity index (χ2n) is 10.3. The molecule has 6 rings (SSSR count). The normalized spacial score (nSPS) is 12.1. The van der Waals surface area contributed by atoms with Crippen LogP contribution in [0.5, 0.6) is 10.9 Å². The number of halogens is 1. The zero-order valence-corrected chi connectivity index (χ0v) is 24.3. The maximum atomic E-state index is 14.5. The lowest BCUT2D eigenvalue weighted by atomic mass is 10.1. The second kappa shape index (κ2) is 10.3. The molecule has 11 heteroatoms. The Hall–Kier alpha value is -3.80. The fourth-order valence-corrected chi connectivity index (χ4v) is 5.70. The fourth-order valence-electron chi connectivity index (χ4n) is 4.08. The van der Waals surface area contributed by atoms with Crippen molar-refractivity contribution < 1.29 is 23.0 Å². The molecule has 0 unspecified atom stereocenters. The number of imidazole rings is 1. The van der Waals surface area contributed by atoms with Gasteiger partial charge in [-0.25, -0.2) is 18.9 Å². The number of benzene rings is 2. The highest BCUT2D eigenvalue weighted by Crippen LogP contribution is 2.36. The van der Waals surface area contributed by atoms with Crippen LogP contribution in [-0.2, 0) is 18.0 Å². The van der Waals surface area contributed by atoms with E-state index in [1.54, 1.807) is 35.2 Å². The molecule has 6 aromatic rings. The highest BCUT2D eigenvalue weighted by molar-refractivity contribution is 7.18. The van der Waals surface area contributed by atoms with E-state index >= 15 is 0 Å². The maximum Gasteiger partial charge on any atom is 0.294 e. The second-order valence-corrected chi connectivity index (χ2v) is 12.4. The Morgan fingerprint density at radius 2 is 1.82 bits per heavy atom. The summed E-state index contributed by atoms with van der Waals surface area (Å²) < 4.78 is 39.2. The highest BCUT2D eigenvalue weighted by atomic mass is 32.1. The third kappa shape index (κ3) is 5.45. The van der Waals surface area contributed by atoms with Crippen LogP contribution in [0.15, 0.2) is 53.1 Å². The van der Waals surface area contributed by atoms with Crippen molar-refractivity contribution in [2.75, 3.05) is 7.11 Å². The molecule has 0 amide bonds. The Morgan fingerprint density at radius 1 is 1.02 bits per heavy atom. The third-order valence-electron chi connectivity index (χ3n) is 6.15. The number of aromatic nitrogens is 4. The number of hydrogen-bond donors (Lipinski definition) is 0. The van der Waals surface area contributed by atoms with Gasteiger partial charge in [0.05, 0.1) is 36.6 Å². The first kappa shape index (κ1) is 26.4. The molecule has 0 atom stereocenters. The van der Waals surface area contributed by atoms with Crippen LogP contribution in [0, 0.1) is 12.7 Å². The lowest BCUT2D eigenvalue weighted by molar-refractivity contribution is -0.0149. The fraction of sp³-hybridized carbons (Fsp3) is 0.276. The molecule has 0 spiro atoms. The predicted molar refractivity (Wildman–Crippen MR) is 154 cm³/mol. The molecule has 2 aromatic carbocycles. The number of fused-ring (bicyclic) bond motifs is 2. The summed E-state index contributed by atoms with van der Waals surface area (Å²) in [7, 11) is 1.56. The number of nitrogens with zero attached hydrogens (tertiary/aromatic N) is 4. The van der Waals surface area contributed by atoms with Crippen molar-refractivity contribution in [1.29, 1.82) is 0 Å². The Morgan fingerprint density at radius 3 is 2.55 bits per heavy atom. The Bertz CT molecular complexity index is 1780. The molecule has 0 N–H and O–H groups in total. The van der Waals surface area contributed by atoms with Crippen molar-refractivity contribution in [1.82, 2.24) is 19.6 Å². The quantitative estimate of drug-likeness (QED) is 0.183. The molecule has 8 nitrogen and oxygen atoms in total. The Balaban J connectivity index is 1.20. The van der Waals surface area contributed by atoms with E-state index in [2.05, 4.69) is 34.3 Å². The van der Waals surface area contributed by atoms with E-state index in [9.17, 15) is 4.39 Å². The molecular formula is C29H27FN4O4S2. The van der Waals surface area contributed by atoms with Crippen LogP contribution in [0.1, 0.15) is 36.9 Å². The van der Waals surface area contributed by atoms with Gasteiger partial charge >= 0.3 is 0 Å². The summed E-state index contributed by atoms with van der Waals surface area (Å²) in [6.45, 7) is 8.89. The topological polar surface area (TPSA) is 83.9 Å². The van der Waals surface area contributed by atoms with Gasteiger partial charge in [-0.2, -0.15) is 0 Å². The number of ether oxygens (including phenoxy) is 3. The number of aryl methyl sites for hydroxylation is 1. The molecule has 0 aliphatic rings. The molecule has 0 radical (unpaired) electrons. The van der Waals surface area contributed by atoms with Crippen molar-refractivity contribution in [3.05, 3.63) is 70.6 Å². The monoisotopic (exact) mass is 578 g/mol. The van der Waals surface area contributed by atoms with Gasteiger partial charge in [-0.15, -0.1) is 16.4 Å². The average Bonchev–Trinajstić information content (AvgIpc) is 3.68. The molecule has 0 saturated heterocycles. The molecule has 0 saturated carbocycles. The van der Waals surface area contributed by atoms with Crippen LogP contribution in [0.4, 0.5) is 4.39 Å². The first-order valence-electron chi connectivity index (χ1n) is 12.6. The lowest BCUT2D eigenvalue weighted by Gasteiger charge is -2.19.